The Morgan fingerprint density at radius 2 is 2.11 bits per heavy atom. The second-order valence-corrected chi connectivity index (χ2v) is 6.24. The molecule has 1 aromatic rings. The van der Waals surface area contributed by atoms with Crippen molar-refractivity contribution in [1.29, 1.82) is 0 Å². The van der Waals surface area contributed by atoms with Crippen LogP contribution in [-0.2, 0) is 14.8 Å². The molecule has 1 atom stereocenters. The molecular formula is C12H17N3O3S. The molecule has 1 unspecified atom stereocenters. The molecule has 0 spiro atoms. The third-order valence-electron chi connectivity index (χ3n) is 3.07. The summed E-state index contributed by atoms with van der Waals surface area (Å²) in [6, 6.07) is 6.75. The third kappa shape index (κ3) is 3.24. The number of carbonyl (C=O) groups is 1. The van der Waals surface area contributed by atoms with Crippen molar-refractivity contribution < 1.29 is 13.2 Å². The Hall–Kier alpha value is -1.60. The normalized spacial score (nSPS) is 19.2. The number of nitrogens with one attached hydrogen (secondary N) is 3. The van der Waals surface area contributed by atoms with E-state index in [9.17, 15) is 13.2 Å². The van der Waals surface area contributed by atoms with Gasteiger partial charge in [0.15, 0.2) is 0 Å². The van der Waals surface area contributed by atoms with Crippen molar-refractivity contribution in [2.45, 2.75) is 23.8 Å². The largest absolute Gasteiger partial charge is 0.382 e. The standard InChI is InChI=1S/C12H17N3O3S/c1-13-19(17,18)11-5-3-2-4-10(11)14-8-9-6-7-12(16)15-9/h2-5,9,13-14H,6-8H2,1H3,(H,15,16). The number of sulfonamides is 1. The Morgan fingerprint density at radius 1 is 1.37 bits per heavy atom. The van der Waals surface area contributed by atoms with Crippen LogP contribution in [0, 0.1) is 0 Å². The summed E-state index contributed by atoms with van der Waals surface area (Å²) in [5, 5.41) is 5.91. The van der Waals surface area contributed by atoms with Gasteiger partial charge in [-0.3, -0.25) is 4.79 Å². The Kier molecular flexibility index (Phi) is 4.06. The van der Waals surface area contributed by atoms with E-state index in [1.165, 1.54) is 7.05 Å². The first kappa shape index (κ1) is 13.8. The van der Waals surface area contributed by atoms with Gasteiger partial charge in [0.25, 0.3) is 0 Å². The molecule has 1 amide bonds. The van der Waals surface area contributed by atoms with Crippen LogP contribution in [0.3, 0.4) is 0 Å². The van der Waals surface area contributed by atoms with E-state index in [-0.39, 0.29) is 16.8 Å². The molecule has 3 N–H and O–H groups in total. The molecule has 1 aliphatic rings. The number of amides is 1. The monoisotopic (exact) mass is 283 g/mol. The second kappa shape index (κ2) is 5.58. The Labute approximate surface area is 112 Å². The van der Waals surface area contributed by atoms with Gasteiger partial charge in [0, 0.05) is 19.0 Å². The first-order valence-electron chi connectivity index (χ1n) is 6.09. The topological polar surface area (TPSA) is 87.3 Å². The zero-order valence-electron chi connectivity index (χ0n) is 10.6. The average molecular weight is 283 g/mol. The fraction of sp³-hybridized carbons (Fsp3) is 0.417. The van der Waals surface area contributed by atoms with Crippen molar-refractivity contribution in [3.8, 4) is 0 Å². The number of rotatable bonds is 5. The summed E-state index contributed by atoms with van der Waals surface area (Å²) in [7, 11) is -2.11. The van der Waals surface area contributed by atoms with Crippen LogP contribution in [0.1, 0.15) is 12.8 Å². The third-order valence-corrected chi connectivity index (χ3v) is 4.54. The maximum absolute atomic E-state index is 11.8. The van der Waals surface area contributed by atoms with Crippen LogP contribution < -0.4 is 15.4 Å². The molecule has 6 nitrogen and oxygen atoms in total. The number of carbonyl (C=O) groups excluding carboxylic acids is 1. The molecule has 2 rings (SSSR count). The molecule has 0 bridgehead atoms. The second-order valence-electron chi connectivity index (χ2n) is 4.39. The molecule has 1 aromatic carbocycles. The highest BCUT2D eigenvalue weighted by Crippen LogP contribution is 2.20. The highest BCUT2D eigenvalue weighted by atomic mass is 32.2. The summed E-state index contributed by atoms with van der Waals surface area (Å²) in [6.45, 7) is 0.516. The molecule has 0 radical (unpaired) electrons. The molecule has 19 heavy (non-hydrogen) atoms. The van der Waals surface area contributed by atoms with Gasteiger partial charge >= 0.3 is 0 Å². The van der Waals surface area contributed by atoms with Gasteiger partial charge in [-0.1, -0.05) is 12.1 Å². The Morgan fingerprint density at radius 3 is 2.74 bits per heavy atom. The van der Waals surface area contributed by atoms with Gasteiger partial charge in [0.1, 0.15) is 4.90 Å². The van der Waals surface area contributed by atoms with Crippen molar-refractivity contribution in [3.05, 3.63) is 24.3 Å². The summed E-state index contributed by atoms with van der Waals surface area (Å²) in [5.41, 5.74) is 0.540. The molecule has 1 heterocycles. The van der Waals surface area contributed by atoms with E-state index < -0.39 is 10.0 Å². The summed E-state index contributed by atoms with van der Waals surface area (Å²) in [5.74, 6) is 0.0444. The average Bonchev–Trinajstić information content (AvgIpc) is 2.82. The molecule has 7 heteroatoms. The first-order chi connectivity index (χ1) is 9.03. The lowest BCUT2D eigenvalue weighted by molar-refractivity contribution is -0.119. The lowest BCUT2D eigenvalue weighted by Crippen LogP contribution is -2.32. The number of benzene rings is 1. The smallest absolute Gasteiger partial charge is 0.242 e. The summed E-state index contributed by atoms with van der Waals surface area (Å²) < 4.78 is 26.0. The van der Waals surface area contributed by atoms with E-state index in [0.717, 1.165) is 6.42 Å². The minimum absolute atomic E-state index is 0.0444. The predicted octanol–water partition coefficient (Wildman–Crippen LogP) is 0.285. The Balaban J connectivity index is 2.10. The van der Waals surface area contributed by atoms with Crippen molar-refractivity contribution in [3.63, 3.8) is 0 Å². The van der Waals surface area contributed by atoms with E-state index in [1.54, 1.807) is 24.3 Å². The van der Waals surface area contributed by atoms with Crippen LogP contribution in [-0.4, -0.2) is 34.0 Å². The lowest BCUT2D eigenvalue weighted by atomic mass is 10.2. The quantitative estimate of drug-likeness (QED) is 0.724. The van der Waals surface area contributed by atoms with Gasteiger partial charge in [-0.25, -0.2) is 13.1 Å². The van der Waals surface area contributed by atoms with Crippen molar-refractivity contribution in [1.82, 2.24) is 10.0 Å². The molecule has 104 valence electrons. The number of hydrogen-bond acceptors (Lipinski definition) is 4. The first-order valence-corrected chi connectivity index (χ1v) is 7.57. The fourth-order valence-corrected chi connectivity index (χ4v) is 2.93. The van der Waals surface area contributed by atoms with Crippen molar-refractivity contribution in [2.24, 2.45) is 0 Å². The van der Waals surface area contributed by atoms with Crippen LogP contribution in [0.4, 0.5) is 5.69 Å². The van der Waals surface area contributed by atoms with E-state index in [4.69, 9.17) is 0 Å². The number of hydrogen-bond donors (Lipinski definition) is 3. The number of para-hydroxylation sites is 1. The van der Waals surface area contributed by atoms with Gasteiger partial charge in [-0.05, 0) is 25.6 Å². The van der Waals surface area contributed by atoms with Gasteiger partial charge in [0.2, 0.25) is 15.9 Å². The molecule has 1 fully saturated rings. The van der Waals surface area contributed by atoms with Gasteiger partial charge in [-0.15, -0.1) is 0 Å². The van der Waals surface area contributed by atoms with Crippen LogP contribution >= 0.6 is 0 Å². The lowest BCUT2D eigenvalue weighted by Gasteiger charge is -2.15. The van der Waals surface area contributed by atoms with Crippen LogP contribution in [0.5, 0.6) is 0 Å². The molecular weight excluding hydrogens is 266 g/mol. The van der Waals surface area contributed by atoms with E-state index in [0.29, 0.717) is 18.7 Å². The molecule has 0 aromatic heterocycles. The SMILES string of the molecule is CNS(=O)(=O)c1ccccc1NCC1CCC(=O)N1. The predicted molar refractivity (Wildman–Crippen MR) is 72.3 cm³/mol. The molecule has 1 saturated heterocycles. The molecule has 0 saturated carbocycles. The number of anilines is 1. The van der Waals surface area contributed by atoms with E-state index >= 15 is 0 Å². The highest BCUT2D eigenvalue weighted by molar-refractivity contribution is 7.89. The highest BCUT2D eigenvalue weighted by Gasteiger charge is 2.21. The fourth-order valence-electron chi connectivity index (χ4n) is 2.02. The van der Waals surface area contributed by atoms with Crippen LogP contribution in [0.25, 0.3) is 0 Å². The van der Waals surface area contributed by atoms with E-state index in [2.05, 4.69) is 15.4 Å². The minimum atomic E-state index is -3.49. The Bertz CT molecular complexity index is 571. The maximum Gasteiger partial charge on any atom is 0.242 e. The maximum atomic E-state index is 11.8. The summed E-state index contributed by atoms with van der Waals surface area (Å²) in [6.07, 6.45) is 1.30. The van der Waals surface area contributed by atoms with Gasteiger partial charge in [-0.2, -0.15) is 0 Å². The van der Waals surface area contributed by atoms with Gasteiger partial charge in [0.05, 0.1) is 5.69 Å². The molecule has 0 aliphatic carbocycles. The zero-order chi connectivity index (χ0) is 13.9. The minimum Gasteiger partial charge on any atom is -0.382 e. The van der Waals surface area contributed by atoms with Crippen LogP contribution in [0.15, 0.2) is 29.2 Å². The van der Waals surface area contributed by atoms with Gasteiger partial charge < -0.3 is 10.6 Å². The summed E-state index contributed by atoms with van der Waals surface area (Å²) in [4.78, 5) is 11.3. The van der Waals surface area contributed by atoms with E-state index in [1.807, 2.05) is 0 Å². The van der Waals surface area contributed by atoms with Crippen molar-refractivity contribution in [2.75, 3.05) is 18.9 Å². The van der Waals surface area contributed by atoms with Crippen LogP contribution in [0.2, 0.25) is 0 Å². The molecule has 1 aliphatic heterocycles. The van der Waals surface area contributed by atoms with Crippen molar-refractivity contribution >= 4 is 21.6 Å². The zero-order valence-corrected chi connectivity index (χ0v) is 11.5. The summed E-state index contributed by atoms with van der Waals surface area (Å²) >= 11 is 0.